The lowest BCUT2D eigenvalue weighted by atomic mass is 10.00. The molecule has 2 aliphatic rings. The van der Waals surface area contributed by atoms with E-state index in [9.17, 15) is 36.0 Å². The quantitative estimate of drug-likeness (QED) is 0.114. The number of nitrogens with zero attached hydrogens (tertiary/aromatic N) is 5. The number of carbonyl (C=O) groups excluding carboxylic acids is 3. The van der Waals surface area contributed by atoms with Gasteiger partial charge in [-0.25, -0.2) is 21.6 Å². The molecule has 0 radical (unpaired) electrons. The second-order valence-electron chi connectivity index (χ2n) is 17.1. The van der Waals surface area contributed by atoms with Gasteiger partial charge >= 0.3 is 5.97 Å². The Kier molecular flexibility index (Phi) is 16.7. The molecule has 370 valence electrons. The van der Waals surface area contributed by atoms with Crippen molar-refractivity contribution in [1.29, 1.82) is 0 Å². The van der Waals surface area contributed by atoms with Crippen LogP contribution in [0.2, 0.25) is 10.0 Å². The summed E-state index contributed by atoms with van der Waals surface area (Å²) in [5.41, 5.74) is 6.01. The van der Waals surface area contributed by atoms with Gasteiger partial charge < -0.3 is 5.11 Å². The number of aryl methyl sites for hydroxylation is 1. The highest BCUT2D eigenvalue weighted by atomic mass is 35.5. The Bertz CT molecular complexity index is 3350. The smallest absolute Gasteiger partial charge is 0.335 e. The molecule has 0 amide bonds. The number of halogens is 2. The molecule has 5 heterocycles. The van der Waals surface area contributed by atoms with Crippen LogP contribution in [0.5, 0.6) is 0 Å². The standard InChI is InChI=1S/C30H26ClN3O4S.C23H19ClN2O5S.CH4/c1-20-5-10-26(33-18-20)17-29(35)21-7-11-27(12-8-21)39(37,38)34-19-22-6-9-24(31)14-23(22)15-30(36)28(34)16-25-4-2-3-13-32-25;24-18-7-4-16-14-26(32(30,31)20-8-5-15(6-9-20)23(28)29)21(22(27)12-17(16)11-18)13-19-3-1-2-10-25-19;/h2-14,18,28H,15-17,19H2,1H3;1-11,21H,12-14H2,(H,28,29);1H4/t28-;21-;/m11./s1. The third kappa shape index (κ3) is 12.3. The topological polar surface area (TPSA) is 202 Å². The molecule has 0 bridgehead atoms. The monoisotopic (exact) mass is 1050 g/mol. The Hall–Kier alpha value is -6.79. The number of hydrogen-bond acceptors (Lipinski definition) is 11. The van der Waals surface area contributed by atoms with E-state index in [4.69, 9.17) is 28.3 Å². The molecule has 14 nitrogen and oxygen atoms in total. The number of hydrogen-bond donors (Lipinski definition) is 1. The number of carboxylic acid groups (broad SMARTS) is 1. The van der Waals surface area contributed by atoms with E-state index >= 15 is 0 Å². The van der Waals surface area contributed by atoms with Gasteiger partial charge in [0.2, 0.25) is 20.0 Å². The summed E-state index contributed by atoms with van der Waals surface area (Å²) in [6.45, 7) is 1.92. The first-order valence-corrected chi connectivity index (χ1v) is 25.9. The Morgan fingerprint density at radius 1 is 0.583 bits per heavy atom. The number of aromatic nitrogens is 3. The number of fused-ring (bicyclic) bond motifs is 2. The Balaban J connectivity index is 0.000000212. The van der Waals surface area contributed by atoms with E-state index in [1.54, 1.807) is 97.5 Å². The molecule has 0 fully saturated rings. The van der Waals surface area contributed by atoms with Crippen molar-refractivity contribution in [3.63, 3.8) is 0 Å². The summed E-state index contributed by atoms with van der Waals surface area (Å²) in [5.74, 6) is -1.82. The first kappa shape index (κ1) is 53.0. The lowest BCUT2D eigenvalue weighted by Crippen LogP contribution is -2.45. The molecule has 18 heteroatoms. The third-order valence-corrected chi connectivity index (χ3v) is 16.4. The zero-order chi connectivity index (χ0) is 50.5. The van der Waals surface area contributed by atoms with Crippen LogP contribution in [0, 0.1) is 6.92 Å². The van der Waals surface area contributed by atoms with Gasteiger partial charge in [0.25, 0.3) is 0 Å². The molecule has 7 aromatic rings. The van der Waals surface area contributed by atoms with Crippen LogP contribution in [0.1, 0.15) is 73.0 Å². The first-order chi connectivity index (χ1) is 34.0. The molecule has 0 unspecified atom stereocenters. The first-order valence-electron chi connectivity index (χ1n) is 22.3. The predicted octanol–water partition coefficient (Wildman–Crippen LogP) is 8.79. The van der Waals surface area contributed by atoms with Gasteiger partial charge in [0, 0.05) is 90.1 Å². The maximum atomic E-state index is 14.0. The summed E-state index contributed by atoms with van der Waals surface area (Å²) >= 11 is 12.3. The Morgan fingerprint density at radius 3 is 1.44 bits per heavy atom. The van der Waals surface area contributed by atoms with Gasteiger partial charge in [-0.2, -0.15) is 8.61 Å². The highest BCUT2D eigenvalue weighted by Crippen LogP contribution is 2.32. The molecular weight excluding hydrogens is 998 g/mol. The molecule has 1 N–H and O–H groups in total. The van der Waals surface area contributed by atoms with Gasteiger partial charge in [-0.3, -0.25) is 29.3 Å². The van der Waals surface area contributed by atoms with Gasteiger partial charge in [-0.15, -0.1) is 0 Å². The van der Waals surface area contributed by atoms with Crippen LogP contribution in [0.3, 0.4) is 0 Å². The highest BCUT2D eigenvalue weighted by Gasteiger charge is 2.40. The van der Waals surface area contributed by atoms with Gasteiger partial charge in [0.05, 0.1) is 33.9 Å². The lowest BCUT2D eigenvalue weighted by Gasteiger charge is -2.28. The normalized spacial score (nSPS) is 16.2. The minimum absolute atomic E-state index is 0. The minimum Gasteiger partial charge on any atom is -0.478 e. The summed E-state index contributed by atoms with van der Waals surface area (Å²) in [7, 11) is -8.24. The molecule has 0 aliphatic carbocycles. The fourth-order valence-electron chi connectivity index (χ4n) is 8.41. The molecule has 0 spiro atoms. The van der Waals surface area contributed by atoms with E-state index < -0.39 is 38.1 Å². The van der Waals surface area contributed by atoms with Crippen LogP contribution in [-0.2, 0) is 74.8 Å². The molecule has 2 atom stereocenters. The second-order valence-corrected chi connectivity index (χ2v) is 21.7. The number of ketones is 3. The number of rotatable bonds is 12. The van der Waals surface area contributed by atoms with Crippen molar-refractivity contribution in [1.82, 2.24) is 23.6 Å². The van der Waals surface area contributed by atoms with Crippen molar-refractivity contribution < 1.29 is 41.1 Å². The number of Topliss-reactive ketones (excluding diaryl/α,β-unsaturated/α-hetero) is 3. The fraction of sp³-hybridized carbons (Fsp3) is 0.204. The second kappa shape index (κ2) is 22.7. The van der Waals surface area contributed by atoms with Crippen LogP contribution >= 0.6 is 23.2 Å². The fourth-order valence-corrected chi connectivity index (χ4v) is 12.0. The molecule has 0 saturated heterocycles. The van der Waals surface area contributed by atoms with Gasteiger partial charge in [-0.05, 0) is 126 Å². The summed E-state index contributed by atoms with van der Waals surface area (Å²) in [5, 5.41) is 10.1. The van der Waals surface area contributed by atoms with E-state index in [1.165, 1.54) is 57.1 Å². The SMILES string of the molecule is C.Cc1ccc(CC(=O)c2ccc(S(=O)(=O)N3Cc4ccc(Cl)cc4CC(=O)[C@H]3Cc3ccccn3)cc2)nc1.O=C(O)c1ccc(S(=O)(=O)N2Cc3ccc(Cl)cc3CC(=O)[C@H]2Cc2ccccn2)cc1. The van der Waals surface area contributed by atoms with Crippen LogP contribution in [0.25, 0.3) is 0 Å². The highest BCUT2D eigenvalue weighted by molar-refractivity contribution is 7.89. The number of aromatic carboxylic acids is 1. The molecule has 3 aromatic heterocycles. The molecule has 0 saturated carbocycles. The van der Waals surface area contributed by atoms with Gasteiger partial charge in [0.15, 0.2) is 17.3 Å². The number of carbonyl (C=O) groups is 4. The number of benzene rings is 4. The van der Waals surface area contributed by atoms with Crippen LogP contribution in [-0.4, -0.2) is 80.9 Å². The largest absolute Gasteiger partial charge is 0.478 e. The minimum atomic E-state index is -4.12. The van der Waals surface area contributed by atoms with Crippen molar-refractivity contribution in [2.75, 3.05) is 0 Å². The van der Waals surface area contributed by atoms with E-state index in [2.05, 4.69) is 15.0 Å². The number of sulfonamides is 2. The van der Waals surface area contributed by atoms with E-state index in [0.717, 1.165) is 11.1 Å². The maximum Gasteiger partial charge on any atom is 0.335 e. The van der Waals surface area contributed by atoms with Crippen molar-refractivity contribution in [3.8, 4) is 0 Å². The van der Waals surface area contributed by atoms with Crippen LogP contribution < -0.4 is 0 Å². The summed E-state index contributed by atoms with van der Waals surface area (Å²) < 4.78 is 57.7. The Labute approximate surface area is 428 Å². The Morgan fingerprint density at radius 2 is 1.04 bits per heavy atom. The summed E-state index contributed by atoms with van der Waals surface area (Å²) in [6.07, 6.45) is 5.40. The average Bonchev–Trinajstić information content (AvgIpc) is 3.59. The zero-order valence-corrected chi connectivity index (χ0v) is 41.2. The van der Waals surface area contributed by atoms with Crippen molar-refractivity contribution in [2.24, 2.45) is 0 Å². The van der Waals surface area contributed by atoms with Crippen LogP contribution in [0.4, 0.5) is 0 Å². The van der Waals surface area contributed by atoms with Crippen molar-refractivity contribution in [3.05, 3.63) is 218 Å². The van der Waals surface area contributed by atoms with E-state index in [0.29, 0.717) is 49.4 Å². The molecule has 72 heavy (non-hydrogen) atoms. The summed E-state index contributed by atoms with van der Waals surface area (Å²) in [6, 6.07) is 33.4. The molecule has 4 aromatic carbocycles. The average molecular weight is 1050 g/mol. The van der Waals surface area contributed by atoms with Gasteiger partial charge in [-0.1, -0.05) is 73.1 Å². The number of carboxylic acids is 1. The van der Waals surface area contributed by atoms with E-state index in [1.807, 2.05) is 13.0 Å². The maximum absolute atomic E-state index is 14.0. The van der Waals surface area contributed by atoms with Crippen molar-refractivity contribution in [2.45, 2.75) is 81.4 Å². The summed E-state index contributed by atoms with van der Waals surface area (Å²) in [4.78, 5) is 63.5. The third-order valence-electron chi connectivity index (χ3n) is 12.2. The van der Waals surface area contributed by atoms with Gasteiger partial charge in [0.1, 0.15) is 0 Å². The zero-order valence-electron chi connectivity index (χ0n) is 38.1. The van der Waals surface area contributed by atoms with E-state index in [-0.39, 0.29) is 85.3 Å². The molecule has 2 aliphatic heterocycles. The lowest BCUT2D eigenvalue weighted by molar-refractivity contribution is -0.122. The predicted molar refractivity (Wildman–Crippen MR) is 273 cm³/mol. The van der Waals surface area contributed by atoms with Crippen LogP contribution in [0.15, 0.2) is 162 Å². The molecular formula is C54H49Cl2N5O9S2. The number of pyridine rings is 3. The van der Waals surface area contributed by atoms with Crippen molar-refractivity contribution >= 4 is 66.6 Å². The molecule has 9 rings (SSSR count).